The Labute approximate surface area is 153 Å². The van der Waals surface area contributed by atoms with Crippen molar-refractivity contribution < 1.29 is 9.90 Å². The Hall–Kier alpha value is -2.18. The first-order valence-electron chi connectivity index (χ1n) is 8.21. The summed E-state index contributed by atoms with van der Waals surface area (Å²) >= 11 is 0. The number of carbonyl (C=O) groups is 1. The maximum Gasteiger partial charge on any atom is 0.335 e. The lowest BCUT2D eigenvalue weighted by atomic mass is 10.1. The summed E-state index contributed by atoms with van der Waals surface area (Å²) < 4.78 is 0. The molecular weight excluding hydrogens is 340 g/mol. The van der Waals surface area contributed by atoms with E-state index in [1.165, 1.54) is 0 Å². The molecule has 0 bridgehead atoms. The second-order valence-corrected chi connectivity index (χ2v) is 6.28. The lowest BCUT2D eigenvalue weighted by Gasteiger charge is -2.37. The van der Waals surface area contributed by atoms with Crippen molar-refractivity contribution in [2.75, 3.05) is 31.1 Å². The summed E-state index contributed by atoms with van der Waals surface area (Å²) in [4.78, 5) is 15.6. The molecule has 0 saturated carbocycles. The van der Waals surface area contributed by atoms with Gasteiger partial charge in [-0.05, 0) is 38.1 Å². The van der Waals surface area contributed by atoms with E-state index in [4.69, 9.17) is 5.11 Å². The van der Waals surface area contributed by atoms with E-state index in [9.17, 15) is 4.79 Å². The van der Waals surface area contributed by atoms with E-state index in [1.807, 2.05) is 12.1 Å². The van der Waals surface area contributed by atoms with Gasteiger partial charge in [-0.2, -0.15) is 0 Å². The van der Waals surface area contributed by atoms with Crippen LogP contribution < -0.4 is 4.90 Å². The van der Waals surface area contributed by atoms with Gasteiger partial charge in [0.05, 0.1) is 11.3 Å². The van der Waals surface area contributed by atoms with Gasteiger partial charge in [-0.3, -0.25) is 4.90 Å². The number of hydrogen-bond acceptors (Lipinski definition) is 5. The van der Waals surface area contributed by atoms with Crippen LogP contribution in [0.4, 0.5) is 5.82 Å². The van der Waals surface area contributed by atoms with Gasteiger partial charge < -0.3 is 10.0 Å². The molecule has 1 N–H and O–H groups in total. The highest BCUT2D eigenvalue weighted by atomic mass is 35.5. The van der Waals surface area contributed by atoms with Crippen LogP contribution in [0.25, 0.3) is 11.3 Å². The van der Waals surface area contributed by atoms with Gasteiger partial charge in [0, 0.05) is 37.8 Å². The van der Waals surface area contributed by atoms with Crippen LogP contribution in [-0.4, -0.2) is 58.4 Å². The van der Waals surface area contributed by atoms with E-state index < -0.39 is 5.97 Å². The summed E-state index contributed by atoms with van der Waals surface area (Å²) in [5.74, 6) is -0.0344. The standard InChI is InChI=1S/C18H22N4O2.ClH/c1-13(2)21-9-11-22(12-10-21)17-8-7-16(19-20-17)14-3-5-15(6-4-14)18(23)24;/h3-8,13H,9-12H2,1-2H3,(H,23,24);1H. The molecule has 6 nitrogen and oxygen atoms in total. The summed E-state index contributed by atoms with van der Waals surface area (Å²) in [6.45, 7) is 8.44. The molecule has 1 aromatic carbocycles. The Morgan fingerprint density at radius 3 is 2.12 bits per heavy atom. The maximum absolute atomic E-state index is 10.9. The number of benzene rings is 1. The molecule has 0 unspecified atom stereocenters. The van der Waals surface area contributed by atoms with Gasteiger partial charge in [0.15, 0.2) is 5.82 Å². The number of aromatic nitrogens is 2. The average Bonchev–Trinajstić information content (AvgIpc) is 2.62. The van der Waals surface area contributed by atoms with Crippen LogP contribution in [0.1, 0.15) is 24.2 Å². The van der Waals surface area contributed by atoms with E-state index >= 15 is 0 Å². The molecule has 1 fully saturated rings. The summed E-state index contributed by atoms with van der Waals surface area (Å²) in [7, 11) is 0. The van der Waals surface area contributed by atoms with E-state index in [2.05, 4.69) is 33.8 Å². The molecule has 0 radical (unpaired) electrons. The molecule has 0 amide bonds. The van der Waals surface area contributed by atoms with Gasteiger partial charge in [0.2, 0.25) is 0 Å². The number of carboxylic acid groups (broad SMARTS) is 1. The second-order valence-electron chi connectivity index (χ2n) is 6.28. The van der Waals surface area contributed by atoms with Crippen LogP contribution in [0, 0.1) is 0 Å². The van der Waals surface area contributed by atoms with Crippen molar-refractivity contribution in [3.05, 3.63) is 42.0 Å². The van der Waals surface area contributed by atoms with Gasteiger partial charge in [-0.25, -0.2) is 4.79 Å². The minimum Gasteiger partial charge on any atom is -0.478 e. The monoisotopic (exact) mass is 362 g/mol. The van der Waals surface area contributed by atoms with E-state index in [-0.39, 0.29) is 18.0 Å². The Morgan fingerprint density at radius 2 is 1.64 bits per heavy atom. The number of anilines is 1. The lowest BCUT2D eigenvalue weighted by molar-refractivity contribution is 0.0697. The number of halogens is 1. The Bertz CT molecular complexity index is 696. The first-order valence-corrected chi connectivity index (χ1v) is 8.21. The maximum atomic E-state index is 10.9. The fourth-order valence-corrected chi connectivity index (χ4v) is 2.90. The number of nitrogens with zero attached hydrogens (tertiary/aromatic N) is 4. The molecule has 3 rings (SSSR count). The summed E-state index contributed by atoms with van der Waals surface area (Å²) in [6, 6.07) is 11.2. The molecule has 1 aromatic heterocycles. The Balaban J connectivity index is 0.00000225. The first kappa shape index (κ1) is 19.1. The lowest BCUT2D eigenvalue weighted by Crippen LogP contribution is -2.49. The van der Waals surface area contributed by atoms with Gasteiger partial charge in [-0.15, -0.1) is 22.6 Å². The van der Waals surface area contributed by atoms with Crippen LogP contribution in [-0.2, 0) is 0 Å². The van der Waals surface area contributed by atoms with Crippen LogP contribution >= 0.6 is 12.4 Å². The van der Waals surface area contributed by atoms with Gasteiger partial charge >= 0.3 is 5.97 Å². The zero-order chi connectivity index (χ0) is 17.1. The molecular formula is C18H23ClN4O2. The SMILES string of the molecule is CC(C)N1CCN(c2ccc(-c3ccc(C(=O)O)cc3)nn2)CC1.Cl. The van der Waals surface area contributed by atoms with Crippen LogP contribution in [0.2, 0.25) is 0 Å². The normalized spacial score (nSPS) is 15.1. The molecule has 25 heavy (non-hydrogen) atoms. The summed E-state index contributed by atoms with van der Waals surface area (Å²) in [5, 5.41) is 17.6. The molecule has 2 aromatic rings. The quantitative estimate of drug-likeness (QED) is 0.901. The van der Waals surface area contributed by atoms with Crippen molar-refractivity contribution in [3.63, 3.8) is 0 Å². The smallest absolute Gasteiger partial charge is 0.335 e. The van der Waals surface area contributed by atoms with Crippen LogP contribution in [0.15, 0.2) is 36.4 Å². The van der Waals surface area contributed by atoms with Gasteiger partial charge in [-0.1, -0.05) is 12.1 Å². The number of piperazine rings is 1. The zero-order valence-corrected chi connectivity index (χ0v) is 15.2. The molecule has 0 spiro atoms. The minimum atomic E-state index is -0.927. The first-order chi connectivity index (χ1) is 11.5. The highest BCUT2D eigenvalue weighted by molar-refractivity contribution is 5.88. The van der Waals surface area contributed by atoms with Crippen molar-refractivity contribution in [1.82, 2.24) is 15.1 Å². The summed E-state index contributed by atoms with van der Waals surface area (Å²) in [6.07, 6.45) is 0. The van der Waals surface area contributed by atoms with Gasteiger partial charge in [0.1, 0.15) is 0 Å². The third-order valence-corrected chi connectivity index (χ3v) is 4.45. The Morgan fingerprint density at radius 1 is 1.00 bits per heavy atom. The topological polar surface area (TPSA) is 69.6 Å². The number of rotatable bonds is 4. The third-order valence-electron chi connectivity index (χ3n) is 4.45. The molecule has 0 aliphatic carbocycles. The van der Waals surface area contributed by atoms with Crippen LogP contribution in [0.3, 0.4) is 0 Å². The van der Waals surface area contributed by atoms with Crippen molar-refractivity contribution >= 4 is 24.2 Å². The molecule has 134 valence electrons. The van der Waals surface area contributed by atoms with Crippen molar-refractivity contribution in [2.45, 2.75) is 19.9 Å². The van der Waals surface area contributed by atoms with E-state index in [1.54, 1.807) is 24.3 Å². The van der Waals surface area contributed by atoms with Crippen LogP contribution in [0.5, 0.6) is 0 Å². The average molecular weight is 363 g/mol. The van der Waals surface area contributed by atoms with E-state index in [0.29, 0.717) is 6.04 Å². The Kier molecular flexibility index (Phi) is 6.33. The highest BCUT2D eigenvalue weighted by Gasteiger charge is 2.20. The largest absolute Gasteiger partial charge is 0.478 e. The fraction of sp³-hybridized carbons (Fsp3) is 0.389. The predicted octanol–water partition coefficient (Wildman–Crippen LogP) is 2.79. The fourth-order valence-electron chi connectivity index (χ4n) is 2.90. The highest BCUT2D eigenvalue weighted by Crippen LogP contribution is 2.20. The van der Waals surface area contributed by atoms with E-state index in [0.717, 1.165) is 43.3 Å². The molecule has 7 heteroatoms. The minimum absolute atomic E-state index is 0. The number of carboxylic acids is 1. The van der Waals surface area contributed by atoms with Crippen molar-refractivity contribution in [2.24, 2.45) is 0 Å². The molecule has 1 saturated heterocycles. The molecule has 1 aliphatic heterocycles. The molecule has 2 heterocycles. The predicted molar refractivity (Wildman–Crippen MR) is 101 cm³/mol. The van der Waals surface area contributed by atoms with Gasteiger partial charge in [0.25, 0.3) is 0 Å². The number of hydrogen-bond donors (Lipinski definition) is 1. The second kappa shape index (κ2) is 8.27. The van der Waals surface area contributed by atoms with Crippen molar-refractivity contribution in [1.29, 1.82) is 0 Å². The third kappa shape index (κ3) is 4.46. The van der Waals surface area contributed by atoms with Crippen molar-refractivity contribution in [3.8, 4) is 11.3 Å². The number of aromatic carboxylic acids is 1. The zero-order valence-electron chi connectivity index (χ0n) is 14.4. The molecule has 1 aliphatic rings. The summed E-state index contributed by atoms with van der Waals surface area (Å²) in [5.41, 5.74) is 1.88. The molecule has 0 atom stereocenters.